The Balaban J connectivity index is 1.48. The minimum Gasteiger partial charge on any atom is -0.457 e. The molecule has 1 aliphatic carbocycles. The maximum atomic E-state index is 12.2. The van der Waals surface area contributed by atoms with Gasteiger partial charge in [0.2, 0.25) is 0 Å². The minimum absolute atomic E-state index is 0.127. The molecule has 3 nitrogen and oxygen atoms in total. The van der Waals surface area contributed by atoms with E-state index in [4.69, 9.17) is 4.74 Å². The lowest BCUT2D eigenvalue weighted by molar-refractivity contribution is -0.114. The molecule has 0 bridgehead atoms. The first kappa shape index (κ1) is 19.1. The third-order valence-electron chi connectivity index (χ3n) is 5.22. The molecule has 0 atom stereocenters. The number of allylic oxidation sites excluding steroid dienone is 1. The van der Waals surface area contributed by atoms with Gasteiger partial charge >= 0.3 is 0 Å². The van der Waals surface area contributed by atoms with E-state index in [1.54, 1.807) is 12.3 Å². The van der Waals surface area contributed by atoms with Gasteiger partial charge in [0.05, 0.1) is 0 Å². The Labute approximate surface area is 172 Å². The summed E-state index contributed by atoms with van der Waals surface area (Å²) in [4.78, 5) is 16.4. The molecule has 0 unspecified atom stereocenters. The van der Waals surface area contributed by atoms with E-state index in [1.165, 1.54) is 16.7 Å². The number of carbonyl (C=O) groups excluding carboxylic acids is 1. The number of pyridine rings is 1. The first-order valence-corrected chi connectivity index (χ1v) is 10.3. The van der Waals surface area contributed by atoms with Gasteiger partial charge in [-0.25, -0.2) is 0 Å². The Bertz CT molecular complexity index is 1010. The summed E-state index contributed by atoms with van der Waals surface area (Å²) >= 11 is 0. The first-order valence-electron chi connectivity index (χ1n) is 10.3. The van der Waals surface area contributed by atoms with Gasteiger partial charge in [-0.3, -0.25) is 9.78 Å². The number of benzene rings is 2. The predicted molar refractivity (Wildman–Crippen MR) is 116 cm³/mol. The number of aryl methyl sites for hydroxylation is 3. The molecule has 0 saturated carbocycles. The summed E-state index contributed by atoms with van der Waals surface area (Å²) < 4.78 is 6.22. The SMILES string of the molecule is O=C1C=C(Oc2cccc(CCCc3cccnc3)c2)c2ccccc2CCC1. The van der Waals surface area contributed by atoms with Gasteiger partial charge in [0.25, 0.3) is 0 Å². The fourth-order valence-electron chi connectivity index (χ4n) is 3.75. The second kappa shape index (κ2) is 9.33. The molecule has 0 spiro atoms. The number of ether oxygens (including phenoxy) is 1. The number of nitrogens with zero attached hydrogens (tertiary/aromatic N) is 1. The van der Waals surface area contributed by atoms with Crippen LogP contribution in [0.25, 0.3) is 5.76 Å². The molecular formula is C26H25NO2. The van der Waals surface area contributed by atoms with E-state index in [1.807, 2.05) is 42.6 Å². The highest BCUT2D eigenvalue weighted by atomic mass is 16.5. The fourth-order valence-corrected chi connectivity index (χ4v) is 3.75. The second-order valence-corrected chi connectivity index (χ2v) is 7.45. The van der Waals surface area contributed by atoms with Crippen molar-refractivity contribution in [2.75, 3.05) is 0 Å². The first-order chi connectivity index (χ1) is 14.3. The van der Waals surface area contributed by atoms with Crippen LogP contribution in [0.5, 0.6) is 5.75 Å². The summed E-state index contributed by atoms with van der Waals surface area (Å²) in [5.74, 6) is 1.55. The van der Waals surface area contributed by atoms with E-state index >= 15 is 0 Å². The standard InChI is InChI=1S/C26H25NO2/c28-23-13-5-12-22-11-1-2-15-25(22)26(18-23)29-24-14-4-8-20(17-24)7-3-9-21-10-6-16-27-19-21/h1-2,4,6,8,10-11,14-19H,3,5,7,9,12-13H2. The van der Waals surface area contributed by atoms with Crippen LogP contribution >= 0.6 is 0 Å². The highest BCUT2D eigenvalue weighted by Gasteiger charge is 2.15. The van der Waals surface area contributed by atoms with Crippen molar-refractivity contribution in [2.24, 2.45) is 0 Å². The molecule has 1 aromatic heterocycles. The number of aromatic nitrogens is 1. The molecule has 3 heteroatoms. The van der Waals surface area contributed by atoms with E-state index in [-0.39, 0.29) is 5.78 Å². The largest absolute Gasteiger partial charge is 0.457 e. The van der Waals surface area contributed by atoms with Crippen molar-refractivity contribution < 1.29 is 9.53 Å². The van der Waals surface area contributed by atoms with Crippen molar-refractivity contribution in [3.05, 3.63) is 101 Å². The van der Waals surface area contributed by atoms with Gasteiger partial charge < -0.3 is 4.74 Å². The maximum absolute atomic E-state index is 12.2. The molecular weight excluding hydrogens is 358 g/mol. The Morgan fingerprint density at radius 1 is 0.897 bits per heavy atom. The lowest BCUT2D eigenvalue weighted by Gasteiger charge is -2.17. The average molecular weight is 383 g/mol. The number of hydrogen-bond donors (Lipinski definition) is 0. The molecule has 0 N–H and O–H groups in total. The van der Waals surface area contributed by atoms with Crippen molar-refractivity contribution in [2.45, 2.75) is 38.5 Å². The summed E-state index contributed by atoms with van der Waals surface area (Å²) in [6.07, 6.45) is 10.8. The van der Waals surface area contributed by atoms with Crippen molar-refractivity contribution >= 4 is 11.5 Å². The van der Waals surface area contributed by atoms with E-state index in [2.05, 4.69) is 29.2 Å². The molecule has 1 heterocycles. The molecule has 29 heavy (non-hydrogen) atoms. The summed E-state index contributed by atoms with van der Waals surface area (Å²) in [5.41, 5.74) is 4.74. The third-order valence-corrected chi connectivity index (χ3v) is 5.22. The molecule has 146 valence electrons. The number of carbonyl (C=O) groups is 1. The van der Waals surface area contributed by atoms with Crippen molar-refractivity contribution in [3.8, 4) is 5.75 Å². The number of ketones is 1. The molecule has 0 amide bonds. The smallest absolute Gasteiger partial charge is 0.159 e. The zero-order valence-electron chi connectivity index (χ0n) is 16.5. The molecule has 0 aliphatic heterocycles. The van der Waals surface area contributed by atoms with E-state index in [0.29, 0.717) is 12.2 Å². The Morgan fingerprint density at radius 2 is 1.76 bits per heavy atom. The molecule has 1 aliphatic rings. The molecule has 0 fully saturated rings. The Morgan fingerprint density at radius 3 is 2.66 bits per heavy atom. The van der Waals surface area contributed by atoms with Gasteiger partial charge in [-0.15, -0.1) is 0 Å². The van der Waals surface area contributed by atoms with Crippen LogP contribution in [-0.2, 0) is 24.1 Å². The highest BCUT2D eigenvalue weighted by molar-refractivity contribution is 5.96. The highest BCUT2D eigenvalue weighted by Crippen LogP contribution is 2.28. The predicted octanol–water partition coefficient (Wildman–Crippen LogP) is 5.58. The summed E-state index contributed by atoms with van der Waals surface area (Å²) in [6.45, 7) is 0. The van der Waals surface area contributed by atoms with Gasteiger partial charge in [-0.2, -0.15) is 0 Å². The van der Waals surface area contributed by atoms with Crippen LogP contribution in [0.3, 0.4) is 0 Å². The van der Waals surface area contributed by atoms with Gasteiger partial charge in [-0.1, -0.05) is 42.5 Å². The third kappa shape index (κ3) is 5.20. The molecule has 3 aromatic rings. The van der Waals surface area contributed by atoms with Crippen LogP contribution in [0.4, 0.5) is 0 Å². The molecule has 4 rings (SSSR count). The monoisotopic (exact) mass is 383 g/mol. The number of hydrogen-bond acceptors (Lipinski definition) is 3. The summed E-state index contributed by atoms with van der Waals surface area (Å²) in [5, 5.41) is 0. The van der Waals surface area contributed by atoms with Crippen molar-refractivity contribution in [3.63, 3.8) is 0 Å². The van der Waals surface area contributed by atoms with Gasteiger partial charge in [0, 0.05) is 30.5 Å². The minimum atomic E-state index is 0.127. The Hall–Kier alpha value is -3.20. The normalized spacial score (nSPS) is 13.8. The maximum Gasteiger partial charge on any atom is 0.159 e. The van der Waals surface area contributed by atoms with Gasteiger partial charge in [0.1, 0.15) is 11.5 Å². The molecule has 0 saturated heterocycles. The Kier molecular flexibility index (Phi) is 6.16. The van der Waals surface area contributed by atoms with Crippen LogP contribution in [-0.4, -0.2) is 10.8 Å². The number of fused-ring (bicyclic) bond motifs is 1. The van der Waals surface area contributed by atoms with Crippen LogP contribution < -0.4 is 4.74 Å². The quantitative estimate of drug-likeness (QED) is 0.558. The van der Waals surface area contributed by atoms with E-state index < -0.39 is 0 Å². The zero-order valence-corrected chi connectivity index (χ0v) is 16.5. The summed E-state index contributed by atoms with van der Waals surface area (Å²) in [6, 6.07) is 20.5. The van der Waals surface area contributed by atoms with Crippen LogP contribution in [0.1, 0.15) is 41.5 Å². The van der Waals surface area contributed by atoms with Crippen LogP contribution in [0, 0.1) is 0 Å². The van der Waals surface area contributed by atoms with E-state index in [0.717, 1.165) is 43.4 Å². The number of rotatable bonds is 6. The van der Waals surface area contributed by atoms with Gasteiger partial charge in [-0.05, 0) is 67.0 Å². The molecule has 0 radical (unpaired) electrons. The van der Waals surface area contributed by atoms with E-state index in [9.17, 15) is 4.79 Å². The second-order valence-electron chi connectivity index (χ2n) is 7.45. The fraction of sp³-hybridized carbons (Fsp3) is 0.231. The molecule has 2 aromatic carbocycles. The lowest BCUT2D eigenvalue weighted by Crippen LogP contribution is -2.07. The zero-order chi connectivity index (χ0) is 19.9. The average Bonchev–Trinajstić information content (AvgIpc) is 2.74. The lowest BCUT2D eigenvalue weighted by atomic mass is 9.96. The van der Waals surface area contributed by atoms with Gasteiger partial charge in [0.15, 0.2) is 5.78 Å². The van der Waals surface area contributed by atoms with Crippen molar-refractivity contribution in [1.29, 1.82) is 0 Å². The van der Waals surface area contributed by atoms with Crippen molar-refractivity contribution in [1.82, 2.24) is 4.98 Å². The topological polar surface area (TPSA) is 39.2 Å². The van der Waals surface area contributed by atoms with Crippen LogP contribution in [0.2, 0.25) is 0 Å². The van der Waals surface area contributed by atoms with Crippen LogP contribution in [0.15, 0.2) is 79.1 Å². The summed E-state index contributed by atoms with van der Waals surface area (Å²) in [7, 11) is 0.